The number of fused-ring (bicyclic) bond motifs is 2. The molecule has 0 N–H and O–H groups in total. The Morgan fingerprint density at radius 2 is 1.73 bits per heavy atom. The first-order valence-corrected chi connectivity index (χ1v) is 8.33. The molecule has 0 spiro atoms. The maximum atomic E-state index is 11.7. The summed E-state index contributed by atoms with van der Waals surface area (Å²) < 4.78 is 10.3. The average molecular weight is 330 g/mol. The van der Waals surface area contributed by atoms with E-state index < -0.39 is 6.16 Å². The van der Waals surface area contributed by atoms with E-state index in [1.54, 1.807) is 36.5 Å². The van der Waals surface area contributed by atoms with E-state index in [2.05, 4.69) is 18.7 Å². The minimum absolute atomic E-state index is 0.165. The van der Waals surface area contributed by atoms with E-state index in [1.807, 2.05) is 24.3 Å². The largest absolute Gasteiger partial charge is 0.514 e. The van der Waals surface area contributed by atoms with Gasteiger partial charge in [0.1, 0.15) is 12.4 Å². The second-order valence-corrected chi connectivity index (χ2v) is 6.97. The van der Waals surface area contributed by atoms with Crippen LogP contribution in [0.15, 0.2) is 74.2 Å². The lowest BCUT2D eigenvalue weighted by Gasteiger charge is -2.20. The van der Waals surface area contributed by atoms with Gasteiger partial charge in [-0.2, -0.15) is 0 Å². The molecule has 0 fully saturated rings. The van der Waals surface area contributed by atoms with Crippen molar-refractivity contribution in [2.24, 2.45) is 0 Å². The Bertz CT molecular complexity index is 740. The number of rotatable bonds is 3. The zero-order chi connectivity index (χ0) is 15.5. The van der Waals surface area contributed by atoms with Gasteiger partial charge in [0, 0.05) is 14.7 Å². The summed E-state index contributed by atoms with van der Waals surface area (Å²) in [5.41, 5.74) is 0.769. The summed E-state index contributed by atoms with van der Waals surface area (Å²) in [6.07, 6.45) is -0.708. The van der Waals surface area contributed by atoms with Gasteiger partial charge < -0.3 is 9.47 Å². The van der Waals surface area contributed by atoms with Gasteiger partial charge in [0.15, 0.2) is 0 Å². The summed E-state index contributed by atoms with van der Waals surface area (Å²) in [6.45, 7) is 5.65. The molecule has 1 aliphatic rings. The van der Waals surface area contributed by atoms with E-state index in [0.717, 1.165) is 20.3 Å². The molecule has 0 atom stereocenters. The van der Waals surface area contributed by atoms with Crippen LogP contribution in [-0.2, 0) is 4.74 Å². The van der Waals surface area contributed by atoms with Crippen molar-refractivity contribution in [2.45, 2.75) is 26.5 Å². The first kappa shape index (κ1) is 15.1. The smallest absolute Gasteiger partial charge is 0.429 e. The van der Waals surface area contributed by atoms with Crippen molar-refractivity contribution in [1.29, 1.82) is 0 Å². The van der Waals surface area contributed by atoms with Gasteiger partial charge in [-0.15, -0.1) is 0 Å². The van der Waals surface area contributed by atoms with E-state index in [-0.39, 0.29) is 6.61 Å². The Morgan fingerprint density at radius 1 is 1.05 bits per heavy atom. The lowest BCUT2D eigenvalue weighted by molar-refractivity contribution is 0.106. The van der Waals surface area contributed by atoms with Gasteiger partial charge in [0.25, 0.3) is 0 Å². The van der Waals surface area contributed by atoms with Gasteiger partial charge in [-0.3, -0.25) is 0 Å². The summed E-state index contributed by atoms with van der Waals surface area (Å²) in [5.74, 6) is 0.524. The molecule has 0 radical (unpaired) electrons. The van der Waals surface area contributed by atoms with Crippen molar-refractivity contribution >= 4 is 29.7 Å². The monoisotopic (exact) mass is 330 g/mol. The predicted molar refractivity (Wildman–Crippen MR) is 87.9 cm³/mol. The van der Waals surface area contributed by atoms with Crippen LogP contribution in [0.5, 0.6) is 5.75 Å². The molecule has 0 bridgehead atoms. The molecule has 2 aromatic rings. The fourth-order valence-electron chi connectivity index (χ4n) is 1.91. The average Bonchev–Trinajstić information content (AvgIpc) is 2.51. The normalized spacial score (nSPS) is 12.0. The molecule has 2 aromatic carbocycles. The Morgan fingerprint density at radius 3 is 2.45 bits per heavy atom. The van der Waals surface area contributed by atoms with Crippen LogP contribution in [0, 0.1) is 0 Å². The zero-order valence-corrected chi connectivity index (χ0v) is 13.6. The number of carbonyl (C=O) groups excluding carboxylic acids is 1. The van der Waals surface area contributed by atoms with Crippen molar-refractivity contribution in [2.75, 3.05) is 6.61 Å². The van der Waals surface area contributed by atoms with E-state index >= 15 is 0 Å². The summed E-state index contributed by atoms with van der Waals surface area (Å²) >= 11 is 3.28. The third-order valence-electron chi connectivity index (χ3n) is 2.85. The van der Waals surface area contributed by atoms with Crippen molar-refractivity contribution < 1.29 is 14.3 Å². The van der Waals surface area contributed by atoms with Crippen LogP contribution in [0.3, 0.4) is 0 Å². The Balaban J connectivity index is 1.81. The van der Waals surface area contributed by atoms with Crippen molar-refractivity contribution in [1.82, 2.24) is 0 Å². The molecule has 1 heterocycles. The fraction of sp³-hybridized carbons (Fsp3) is 0.118. The first-order chi connectivity index (χ1) is 10.6. The van der Waals surface area contributed by atoms with Crippen LogP contribution in [0.1, 0.15) is 6.92 Å². The molecular formula is C17H14O3S2. The topological polar surface area (TPSA) is 35.5 Å². The predicted octanol–water partition coefficient (Wildman–Crippen LogP) is 5.39. The zero-order valence-electron chi connectivity index (χ0n) is 12.0. The summed E-state index contributed by atoms with van der Waals surface area (Å²) in [5, 5.41) is 0. The van der Waals surface area contributed by atoms with Gasteiger partial charge >= 0.3 is 6.16 Å². The van der Waals surface area contributed by atoms with Gasteiger partial charge in [0.2, 0.25) is 0 Å². The van der Waals surface area contributed by atoms with Crippen LogP contribution in [0.4, 0.5) is 4.79 Å². The van der Waals surface area contributed by atoms with Crippen molar-refractivity contribution in [3.05, 3.63) is 54.6 Å². The van der Waals surface area contributed by atoms with Gasteiger partial charge in [-0.1, -0.05) is 48.3 Å². The number of hydrogen-bond donors (Lipinski definition) is 0. The fourth-order valence-corrected chi connectivity index (χ4v) is 4.21. The van der Waals surface area contributed by atoms with Crippen LogP contribution in [0.2, 0.25) is 0 Å². The minimum atomic E-state index is -0.708. The van der Waals surface area contributed by atoms with Crippen LogP contribution in [0.25, 0.3) is 0 Å². The number of hydrogen-bond acceptors (Lipinski definition) is 5. The maximum absolute atomic E-state index is 11.7. The van der Waals surface area contributed by atoms with Gasteiger partial charge in [-0.25, -0.2) is 4.79 Å². The highest BCUT2D eigenvalue weighted by Gasteiger charge is 2.21. The van der Waals surface area contributed by atoms with Gasteiger partial charge in [-0.05, 0) is 36.8 Å². The van der Waals surface area contributed by atoms with E-state index in [1.165, 1.54) is 4.90 Å². The van der Waals surface area contributed by atoms with Gasteiger partial charge in [0.05, 0.1) is 4.90 Å². The molecule has 3 nitrogen and oxygen atoms in total. The maximum Gasteiger partial charge on any atom is 0.514 e. The molecule has 0 aliphatic carbocycles. The van der Waals surface area contributed by atoms with E-state index in [0.29, 0.717) is 5.75 Å². The van der Waals surface area contributed by atoms with Crippen LogP contribution in [-0.4, -0.2) is 12.8 Å². The van der Waals surface area contributed by atoms with Crippen LogP contribution < -0.4 is 4.74 Å². The lowest BCUT2D eigenvalue weighted by atomic mass is 10.3. The Kier molecular flexibility index (Phi) is 4.45. The third kappa shape index (κ3) is 3.31. The highest BCUT2D eigenvalue weighted by molar-refractivity contribution is 8.05. The molecule has 0 saturated heterocycles. The second kappa shape index (κ2) is 6.50. The third-order valence-corrected chi connectivity index (χ3v) is 5.45. The standard InChI is InChI=1S/C17H14O3S2/c1-11(2)10-19-17(18)20-12-6-5-9-15-16(12)22-14-8-4-3-7-13(14)21-15/h3-9H,1,10H2,2H3. The van der Waals surface area contributed by atoms with Crippen molar-refractivity contribution in [3.63, 3.8) is 0 Å². The lowest BCUT2D eigenvalue weighted by Crippen LogP contribution is -2.12. The number of ether oxygens (including phenoxy) is 2. The van der Waals surface area contributed by atoms with E-state index in [9.17, 15) is 4.79 Å². The highest BCUT2D eigenvalue weighted by Crippen LogP contribution is 2.51. The minimum Gasteiger partial charge on any atom is -0.429 e. The number of carbonyl (C=O) groups is 1. The summed E-state index contributed by atoms with van der Waals surface area (Å²) in [4.78, 5) is 16.1. The van der Waals surface area contributed by atoms with Crippen LogP contribution >= 0.6 is 23.5 Å². The highest BCUT2D eigenvalue weighted by atomic mass is 32.2. The molecule has 5 heteroatoms. The quantitative estimate of drug-likeness (QED) is 0.365. The molecule has 0 aromatic heterocycles. The number of benzene rings is 2. The molecule has 0 saturated carbocycles. The Hall–Kier alpha value is -1.85. The Labute approximate surface area is 137 Å². The summed E-state index contributed by atoms with van der Waals surface area (Å²) in [7, 11) is 0. The van der Waals surface area contributed by atoms with Crippen molar-refractivity contribution in [3.8, 4) is 5.75 Å². The molecule has 3 rings (SSSR count). The summed E-state index contributed by atoms with van der Waals surface area (Å²) in [6, 6.07) is 13.9. The molecule has 112 valence electrons. The molecule has 1 aliphatic heterocycles. The molecule has 0 unspecified atom stereocenters. The SMILES string of the molecule is C=C(C)COC(=O)Oc1cccc2c1Sc1ccccc1S2. The first-order valence-electron chi connectivity index (χ1n) is 6.70. The molecule has 0 amide bonds. The molecule has 22 heavy (non-hydrogen) atoms. The van der Waals surface area contributed by atoms with E-state index in [4.69, 9.17) is 9.47 Å². The molecular weight excluding hydrogens is 316 g/mol. The second-order valence-electron chi connectivity index (χ2n) is 4.83.